The minimum atomic E-state index is -0.655. The first-order chi connectivity index (χ1) is 8.08. The van der Waals surface area contributed by atoms with Crippen molar-refractivity contribution in [1.29, 1.82) is 0 Å². The van der Waals surface area contributed by atoms with Crippen molar-refractivity contribution in [2.45, 2.75) is 13.0 Å². The third-order valence-corrected chi connectivity index (χ3v) is 3.49. The van der Waals surface area contributed by atoms with Crippen molar-refractivity contribution >= 4 is 31.9 Å². The van der Waals surface area contributed by atoms with Gasteiger partial charge in [0.1, 0.15) is 6.10 Å². The summed E-state index contributed by atoms with van der Waals surface area (Å²) >= 11 is 6.83. The fourth-order valence-electron chi connectivity index (χ4n) is 1.68. The predicted molar refractivity (Wildman–Crippen MR) is 74.9 cm³/mol. The molecule has 1 N–H and O–H groups in total. The maximum Gasteiger partial charge on any atom is 0.106 e. The summed E-state index contributed by atoms with van der Waals surface area (Å²) in [6, 6.07) is 7.64. The van der Waals surface area contributed by atoms with Crippen molar-refractivity contribution in [1.82, 2.24) is 4.98 Å². The average molecular weight is 357 g/mol. The third kappa shape index (κ3) is 2.94. The topological polar surface area (TPSA) is 33.1 Å². The maximum absolute atomic E-state index is 10.3. The molecule has 88 valence electrons. The van der Waals surface area contributed by atoms with Gasteiger partial charge in [0.15, 0.2) is 0 Å². The fourth-order valence-corrected chi connectivity index (χ4v) is 3.00. The Morgan fingerprint density at radius 1 is 1.18 bits per heavy atom. The fraction of sp³-hybridized carbons (Fsp3) is 0.154. The van der Waals surface area contributed by atoms with Gasteiger partial charge in [0.05, 0.1) is 0 Å². The van der Waals surface area contributed by atoms with Crippen molar-refractivity contribution in [2.75, 3.05) is 0 Å². The number of halogens is 2. The number of aryl methyl sites for hydroxylation is 1. The molecule has 0 aliphatic heterocycles. The van der Waals surface area contributed by atoms with Crippen LogP contribution in [-0.2, 0) is 0 Å². The van der Waals surface area contributed by atoms with Crippen LogP contribution in [0.4, 0.5) is 0 Å². The van der Waals surface area contributed by atoms with Crippen LogP contribution < -0.4 is 0 Å². The predicted octanol–water partition coefficient (Wildman–Crippen LogP) is 4.00. The molecule has 1 aromatic carbocycles. The Morgan fingerprint density at radius 2 is 1.82 bits per heavy atom. The van der Waals surface area contributed by atoms with Crippen LogP contribution in [0.2, 0.25) is 0 Å². The summed E-state index contributed by atoms with van der Waals surface area (Å²) in [6.45, 7) is 1.97. The van der Waals surface area contributed by atoms with Gasteiger partial charge in [0, 0.05) is 26.9 Å². The average Bonchev–Trinajstić information content (AvgIpc) is 2.27. The lowest BCUT2D eigenvalue weighted by Gasteiger charge is -2.14. The molecule has 1 atom stereocenters. The van der Waals surface area contributed by atoms with E-state index in [0.29, 0.717) is 0 Å². The summed E-state index contributed by atoms with van der Waals surface area (Å²) in [5.74, 6) is 0. The Hall–Kier alpha value is -0.710. The first-order valence-electron chi connectivity index (χ1n) is 5.12. The van der Waals surface area contributed by atoms with E-state index in [9.17, 15) is 5.11 Å². The summed E-state index contributed by atoms with van der Waals surface area (Å²) in [4.78, 5) is 4.05. The van der Waals surface area contributed by atoms with Crippen molar-refractivity contribution in [3.05, 3.63) is 62.3 Å². The second-order valence-electron chi connectivity index (χ2n) is 3.84. The lowest BCUT2D eigenvalue weighted by atomic mass is 10.00. The van der Waals surface area contributed by atoms with Gasteiger partial charge in [0.25, 0.3) is 0 Å². The van der Waals surface area contributed by atoms with Gasteiger partial charge in [-0.25, -0.2) is 0 Å². The molecule has 0 saturated carbocycles. The Bertz CT molecular complexity index is 522. The Labute approximate surface area is 117 Å². The zero-order valence-corrected chi connectivity index (χ0v) is 12.4. The van der Waals surface area contributed by atoms with Crippen molar-refractivity contribution in [3.63, 3.8) is 0 Å². The van der Waals surface area contributed by atoms with Gasteiger partial charge >= 0.3 is 0 Å². The van der Waals surface area contributed by atoms with Gasteiger partial charge in [-0.1, -0.05) is 31.9 Å². The molecule has 0 spiro atoms. The molecule has 1 heterocycles. The number of aliphatic hydroxyl groups is 1. The van der Waals surface area contributed by atoms with Crippen LogP contribution in [0.15, 0.2) is 45.6 Å². The summed E-state index contributed by atoms with van der Waals surface area (Å²) in [5, 5.41) is 10.3. The van der Waals surface area contributed by atoms with Crippen LogP contribution in [0, 0.1) is 6.92 Å². The highest BCUT2D eigenvalue weighted by molar-refractivity contribution is 9.11. The van der Waals surface area contributed by atoms with E-state index in [1.807, 2.05) is 31.2 Å². The quantitative estimate of drug-likeness (QED) is 0.882. The summed E-state index contributed by atoms with van der Waals surface area (Å²) in [6.07, 6.45) is 2.77. The Kier molecular flexibility index (Phi) is 3.97. The van der Waals surface area contributed by atoms with Gasteiger partial charge in [-0.3, -0.25) is 4.98 Å². The van der Waals surface area contributed by atoms with Crippen LogP contribution >= 0.6 is 31.9 Å². The van der Waals surface area contributed by atoms with Crippen LogP contribution in [0.1, 0.15) is 22.8 Å². The molecule has 1 aromatic heterocycles. The SMILES string of the molecule is Cc1ccncc1C(O)c1cc(Br)cc(Br)c1. The number of aliphatic hydroxyl groups excluding tert-OH is 1. The molecule has 0 fully saturated rings. The number of pyridine rings is 1. The van der Waals surface area contributed by atoms with E-state index < -0.39 is 6.10 Å². The minimum absolute atomic E-state index is 0.655. The van der Waals surface area contributed by atoms with Crippen LogP contribution in [0.3, 0.4) is 0 Å². The van der Waals surface area contributed by atoms with Crippen molar-refractivity contribution in [2.24, 2.45) is 0 Å². The van der Waals surface area contributed by atoms with E-state index in [4.69, 9.17) is 0 Å². The molecule has 0 aliphatic rings. The van der Waals surface area contributed by atoms with Crippen LogP contribution in [0.25, 0.3) is 0 Å². The van der Waals surface area contributed by atoms with E-state index in [1.165, 1.54) is 0 Å². The van der Waals surface area contributed by atoms with Crippen LogP contribution in [0.5, 0.6) is 0 Å². The van der Waals surface area contributed by atoms with E-state index >= 15 is 0 Å². The zero-order chi connectivity index (χ0) is 12.4. The smallest absolute Gasteiger partial charge is 0.106 e. The van der Waals surface area contributed by atoms with Crippen molar-refractivity contribution < 1.29 is 5.11 Å². The molecule has 2 aromatic rings. The Balaban J connectivity index is 2.43. The summed E-state index contributed by atoms with van der Waals surface area (Å²) < 4.78 is 1.87. The van der Waals surface area contributed by atoms with E-state index in [1.54, 1.807) is 12.4 Å². The van der Waals surface area contributed by atoms with Gasteiger partial charge in [-0.15, -0.1) is 0 Å². The standard InChI is InChI=1S/C13H11Br2NO/c1-8-2-3-16-7-12(8)13(17)9-4-10(14)6-11(15)5-9/h2-7,13,17H,1H3. The molecule has 1 unspecified atom stereocenters. The molecule has 2 nitrogen and oxygen atoms in total. The van der Waals surface area contributed by atoms with Crippen molar-refractivity contribution in [3.8, 4) is 0 Å². The molecule has 0 amide bonds. The molecule has 2 rings (SSSR count). The highest BCUT2D eigenvalue weighted by Crippen LogP contribution is 2.29. The number of hydrogen-bond donors (Lipinski definition) is 1. The third-order valence-electron chi connectivity index (χ3n) is 2.57. The lowest BCUT2D eigenvalue weighted by Crippen LogP contribution is -2.02. The summed E-state index contributed by atoms with van der Waals surface area (Å²) in [7, 11) is 0. The van der Waals surface area contributed by atoms with E-state index in [2.05, 4.69) is 36.8 Å². The molecule has 17 heavy (non-hydrogen) atoms. The number of nitrogens with zero attached hydrogens (tertiary/aromatic N) is 1. The monoisotopic (exact) mass is 355 g/mol. The normalized spacial score (nSPS) is 12.5. The summed E-state index contributed by atoms with van der Waals surface area (Å²) in [5.41, 5.74) is 2.70. The second kappa shape index (κ2) is 5.29. The Morgan fingerprint density at radius 3 is 2.41 bits per heavy atom. The number of hydrogen-bond acceptors (Lipinski definition) is 2. The molecule has 0 radical (unpaired) electrons. The number of aromatic nitrogens is 1. The van der Waals surface area contributed by atoms with Gasteiger partial charge in [-0.05, 0) is 42.3 Å². The van der Waals surface area contributed by atoms with E-state index in [0.717, 1.165) is 25.6 Å². The molecule has 0 aliphatic carbocycles. The zero-order valence-electron chi connectivity index (χ0n) is 9.19. The molecular formula is C13H11Br2NO. The van der Waals surface area contributed by atoms with Gasteiger partial charge in [-0.2, -0.15) is 0 Å². The van der Waals surface area contributed by atoms with E-state index in [-0.39, 0.29) is 0 Å². The van der Waals surface area contributed by atoms with Gasteiger partial charge in [0.2, 0.25) is 0 Å². The lowest BCUT2D eigenvalue weighted by molar-refractivity contribution is 0.219. The van der Waals surface area contributed by atoms with Gasteiger partial charge < -0.3 is 5.11 Å². The molecular weight excluding hydrogens is 346 g/mol. The molecule has 0 saturated heterocycles. The first-order valence-corrected chi connectivity index (χ1v) is 6.71. The minimum Gasteiger partial charge on any atom is -0.384 e. The number of benzene rings is 1. The van der Waals surface area contributed by atoms with Crippen LogP contribution in [-0.4, -0.2) is 10.1 Å². The highest BCUT2D eigenvalue weighted by Gasteiger charge is 2.13. The molecule has 0 bridgehead atoms. The highest BCUT2D eigenvalue weighted by atomic mass is 79.9. The number of rotatable bonds is 2. The largest absolute Gasteiger partial charge is 0.384 e. The maximum atomic E-state index is 10.3. The second-order valence-corrected chi connectivity index (χ2v) is 5.67. The molecule has 4 heteroatoms. The first kappa shape index (κ1) is 12.7.